The molecule has 3 aromatic rings. The maximum atomic E-state index is 12.3. The molecule has 1 aliphatic rings. The molecule has 0 saturated carbocycles. The van der Waals surface area contributed by atoms with Crippen LogP contribution in [0.25, 0.3) is 0 Å². The molecule has 0 atom stereocenters. The number of benzene rings is 1. The van der Waals surface area contributed by atoms with Crippen molar-refractivity contribution >= 4 is 34.8 Å². The van der Waals surface area contributed by atoms with E-state index in [-0.39, 0.29) is 5.91 Å². The second kappa shape index (κ2) is 8.27. The first-order valence-electron chi connectivity index (χ1n) is 9.13. The van der Waals surface area contributed by atoms with Gasteiger partial charge in [0.05, 0.1) is 22.5 Å². The van der Waals surface area contributed by atoms with Crippen molar-refractivity contribution in [2.24, 2.45) is 0 Å². The summed E-state index contributed by atoms with van der Waals surface area (Å²) in [7, 11) is 0. The average molecular weight is 394 g/mol. The Morgan fingerprint density at radius 2 is 1.54 bits per heavy atom. The molecule has 1 amide bonds. The van der Waals surface area contributed by atoms with Gasteiger partial charge in [-0.3, -0.25) is 4.79 Å². The summed E-state index contributed by atoms with van der Waals surface area (Å²) in [5, 5.41) is 3.26. The van der Waals surface area contributed by atoms with E-state index in [1.54, 1.807) is 30.5 Å². The summed E-state index contributed by atoms with van der Waals surface area (Å²) in [6, 6.07) is 16.7. The van der Waals surface area contributed by atoms with E-state index in [2.05, 4.69) is 25.1 Å². The first-order valence-corrected chi connectivity index (χ1v) is 9.51. The smallest absolute Gasteiger partial charge is 0.257 e. The molecule has 0 unspecified atom stereocenters. The SMILES string of the molecule is O=C(Nc1ccc(N2CCN(c3ccccn3)CC2)nc1)c1ccccc1Cl. The minimum absolute atomic E-state index is 0.246. The van der Waals surface area contributed by atoms with E-state index in [1.165, 1.54) is 0 Å². The highest BCUT2D eigenvalue weighted by Gasteiger charge is 2.19. The van der Waals surface area contributed by atoms with Crippen LogP contribution in [0.3, 0.4) is 0 Å². The number of hydrogen-bond acceptors (Lipinski definition) is 5. The summed E-state index contributed by atoms with van der Waals surface area (Å²) >= 11 is 6.08. The minimum atomic E-state index is -0.246. The van der Waals surface area contributed by atoms with Crippen LogP contribution in [0.4, 0.5) is 17.3 Å². The number of nitrogens with one attached hydrogen (secondary N) is 1. The third-order valence-corrected chi connectivity index (χ3v) is 5.03. The lowest BCUT2D eigenvalue weighted by Crippen LogP contribution is -2.47. The molecule has 1 N–H and O–H groups in total. The number of carbonyl (C=O) groups is 1. The number of anilines is 3. The zero-order valence-corrected chi connectivity index (χ0v) is 16.0. The normalized spacial score (nSPS) is 14.0. The van der Waals surface area contributed by atoms with E-state index < -0.39 is 0 Å². The second-order valence-electron chi connectivity index (χ2n) is 6.50. The summed E-state index contributed by atoms with van der Waals surface area (Å²) in [5.41, 5.74) is 1.08. The first kappa shape index (κ1) is 18.3. The number of hydrogen-bond donors (Lipinski definition) is 1. The average Bonchev–Trinajstić information content (AvgIpc) is 2.75. The molecule has 1 aromatic carbocycles. The Morgan fingerprint density at radius 3 is 2.14 bits per heavy atom. The maximum absolute atomic E-state index is 12.3. The molecule has 1 saturated heterocycles. The van der Waals surface area contributed by atoms with Gasteiger partial charge in [0, 0.05) is 32.4 Å². The molecule has 142 valence electrons. The molecule has 7 heteroatoms. The number of aromatic nitrogens is 2. The second-order valence-corrected chi connectivity index (χ2v) is 6.91. The van der Waals surface area contributed by atoms with Crippen LogP contribution < -0.4 is 15.1 Å². The molecular weight excluding hydrogens is 374 g/mol. The Hall–Kier alpha value is -3.12. The molecular formula is C21H20ClN5O. The van der Waals surface area contributed by atoms with Gasteiger partial charge in [-0.05, 0) is 36.4 Å². The van der Waals surface area contributed by atoms with Crippen LogP contribution in [0.5, 0.6) is 0 Å². The number of carbonyl (C=O) groups excluding carboxylic acids is 1. The molecule has 1 fully saturated rings. The predicted molar refractivity (Wildman–Crippen MR) is 112 cm³/mol. The number of amides is 1. The third-order valence-electron chi connectivity index (χ3n) is 4.70. The molecule has 4 rings (SSSR count). The van der Waals surface area contributed by atoms with Gasteiger partial charge in [0.15, 0.2) is 0 Å². The van der Waals surface area contributed by atoms with Gasteiger partial charge < -0.3 is 15.1 Å². The largest absolute Gasteiger partial charge is 0.353 e. The van der Waals surface area contributed by atoms with Gasteiger partial charge in [0.2, 0.25) is 0 Å². The molecule has 28 heavy (non-hydrogen) atoms. The zero-order valence-electron chi connectivity index (χ0n) is 15.3. The van der Waals surface area contributed by atoms with Crippen molar-refractivity contribution in [2.45, 2.75) is 0 Å². The molecule has 1 aliphatic heterocycles. The summed E-state index contributed by atoms with van der Waals surface area (Å²) in [4.78, 5) is 25.8. The van der Waals surface area contributed by atoms with Gasteiger partial charge in [0.25, 0.3) is 5.91 Å². The van der Waals surface area contributed by atoms with E-state index in [4.69, 9.17) is 11.6 Å². The highest BCUT2D eigenvalue weighted by Crippen LogP contribution is 2.20. The van der Waals surface area contributed by atoms with Crippen molar-refractivity contribution in [1.82, 2.24) is 9.97 Å². The van der Waals surface area contributed by atoms with Crippen molar-refractivity contribution in [3.05, 3.63) is 77.6 Å². The lowest BCUT2D eigenvalue weighted by atomic mass is 10.2. The van der Waals surface area contributed by atoms with Gasteiger partial charge >= 0.3 is 0 Å². The van der Waals surface area contributed by atoms with Crippen LogP contribution in [-0.2, 0) is 0 Å². The van der Waals surface area contributed by atoms with Crippen molar-refractivity contribution in [1.29, 1.82) is 0 Å². The number of rotatable bonds is 4. The molecule has 0 radical (unpaired) electrons. The molecule has 2 aromatic heterocycles. The van der Waals surface area contributed by atoms with Crippen LogP contribution in [0.1, 0.15) is 10.4 Å². The van der Waals surface area contributed by atoms with Crippen molar-refractivity contribution in [2.75, 3.05) is 41.3 Å². The third kappa shape index (κ3) is 4.07. The van der Waals surface area contributed by atoms with Crippen LogP contribution in [-0.4, -0.2) is 42.1 Å². The lowest BCUT2D eigenvalue weighted by Gasteiger charge is -2.36. The van der Waals surface area contributed by atoms with E-state index in [9.17, 15) is 4.79 Å². The van der Waals surface area contributed by atoms with Crippen molar-refractivity contribution in [3.63, 3.8) is 0 Å². The Bertz CT molecular complexity index is 941. The van der Waals surface area contributed by atoms with E-state index >= 15 is 0 Å². The molecule has 3 heterocycles. The van der Waals surface area contributed by atoms with Gasteiger partial charge in [-0.2, -0.15) is 0 Å². The number of halogens is 1. The van der Waals surface area contributed by atoms with Gasteiger partial charge in [-0.1, -0.05) is 29.8 Å². The lowest BCUT2D eigenvalue weighted by molar-refractivity contribution is 0.102. The molecule has 0 aliphatic carbocycles. The maximum Gasteiger partial charge on any atom is 0.257 e. The van der Waals surface area contributed by atoms with Crippen LogP contribution in [0.2, 0.25) is 5.02 Å². The van der Waals surface area contributed by atoms with Crippen molar-refractivity contribution in [3.8, 4) is 0 Å². The Balaban J connectivity index is 1.36. The zero-order chi connectivity index (χ0) is 19.3. The summed E-state index contributed by atoms with van der Waals surface area (Å²) in [5.74, 6) is 1.66. The van der Waals surface area contributed by atoms with Crippen LogP contribution >= 0.6 is 11.6 Å². The fourth-order valence-corrected chi connectivity index (χ4v) is 3.42. The summed E-state index contributed by atoms with van der Waals surface area (Å²) in [6.45, 7) is 3.52. The Kier molecular flexibility index (Phi) is 5.39. The van der Waals surface area contributed by atoms with E-state index in [0.29, 0.717) is 16.3 Å². The molecule has 6 nitrogen and oxygen atoms in total. The minimum Gasteiger partial charge on any atom is -0.353 e. The molecule has 0 bridgehead atoms. The first-order chi connectivity index (χ1) is 13.7. The monoisotopic (exact) mass is 393 g/mol. The highest BCUT2D eigenvalue weighted by atomic mass is 35.5. The quantitative estimate of drug-likeness (QED) is 0.732. The fraction of sp³-hybridized carbons (Fsp3) is 0.190. The topological polar surface area (TPSA) is 61.4 Å². The van der Waals surface area contributed by atoms with E-state index in [0.717, 1.165) is 37.8 Å². The predicted octanol–water partition coefficient (Wildman–Crippen LogP) is 3.71. The van der Waals surface area contributed by atoms with Gasteiger partial charge in [0.1, 0.15) is 11.6 Å². The van der Waals surface area contributed by atoms with Crippen LogP contribution in [0, 0.1) is 0 Å². The number of piperazine rings is 1. The molecule has 0 spiro atoms. The van der Waals surface area contributed by atoms with E-state index in [1.807, 2.05) is 36.5 Å². The fourth-order valence-electron chi connectivity index (χ4n) is 3.20. The summed E-state index contributed by atoms with van der Waals surface area (Å²) < 4.78 is 0. The Labute approximate surface area is 168 Å². The Morgan fingerprint density at radius 1 is 0.857 bits per heavy atom. The number of pyridine rings is 2. The summed E-state index contributed by atoms with van der Waals surface area (Å²) in [6.07, 6.45) is 3.49. The van der Waals surface area contributed by atoms with Gasteiger partial charge in [-0.15, -0.1) is 0 Å². The highest BCUT2D eigenvalue weighted by molar-refractivity contribution is 6.34. The van der Waals surface area contributed by atoms with Gasteiger partial charge in [-0.25, -0.2) is 9.97 Å². The van der Waals surface area contributed by atoms with Crippen molar-refractivity contribution < 1.29 is 4.79 Å². The number of nitrogens with zero attached hydrogens (tertiary/aromatic N) is 4. The van der Waals surface area contributed by atoms with Crippen LogP contribution in [0.15, 0.2) is 67.0 Å². The standard InChI is InChI=1S/C21H20ClN5O/c22-18-6-2-1-5-17(18)21(28)25-16-8-9-20(24-15-16)27-13-11-26(12-14-27)19-7-3-4-10-23-19/h1-10,15H,11-14H2,(H,25,28).